The number of carboxylic acid groups (broad SMARTS) is 1. The number of urea groups is 3. The average Bonchev–Trinajstić information content (AvgIpc) is 1.59. The number of likely N-dealkylation sites (tertiary alicyclic amines) is 1. The highest BCUT2D eigenvalue weighted by Gasteiger charge is 2.62. The molecule has 5 aromatic rings. The molecule has 13 amide bonds. The van der Waals surface area contributed by atoms with Gasteiger partial charge in [-0.3, -0.25) is 28.8 Å². The Balaban J connectivity index is 0.000000205. The molecule has 0 aromatic heterocycles. The number of halogens is 7. The molecule has 5 aromatic carbocycles. The van der Waals surface area contributed by atoms with Gasteiger partial charge in [0.2, 0.25) is 22.7 Å². The molecule has 5 saturated heterocycles. The largest absolute Gasteiger partial charge is 0.480 e. The maximum atomic E-state index is 14.8. The van der Waals surface area contributed by atoms with Crippen molar-refractivity contribution >= 4 is 89.0 Å². The number of imide groups is 3. The number of ether oxygens (including phenoxy) is 4. The Morgan fingerprint density at radius 3 is 1.24 bits per heavy atom. The zero-order chi connectivity index (χ0) is 74.9. The van der Waals surface area contributed by atoms with Gasteiger partial charge in [-0.2, -0.15) is 0 Å². The minimum atomic E-state index is -1.77. The molecule has 5 fully saturated rings. The van der Waals surface area contributed by atoms with Crippen LogP contribution in [0.5, 0.6) is 0 Å². The zero-order valence-electron chi connectivity index (χ0n) is 55.8. The number of carbonyl (C=O) groups excluding carboxylic acids is 11. The van der Waals surface area contributed by atoms with Gasteiger partial charge in [0.25, 0.3) is 17.7 Å². The fourth-order valence-corrected chi connectivity index (χ4v) is 13.7. The van der Waals surface area contributed by atoms with E-state index in [9.17, 15) is 88.3 Å². The number of carboxylic acids is 1. The average molecular weight is 1490 g/mol. The number of carbonyl (C=O) groups is 12. The number of rotatable bonds is 11. The smallest absolute Gasteiger partial charge is 0.418 e. The summed E-state index contributed by atoms with van der Waals surface area (Å²) in [6.07, 6.45) is 1.25. The van der Waals surface area contributed by atoms with E-state index in [1.54, 1.807) is 13.0 Å². The maximum Gasteiger partial charge on any atom is 0.418 e. The second kappa shape index (κ2) is 32.7. The van der Waals surface area contributed by atoms with E-state index in [2.05, 4.69) is 48.9 Å². The summed E-state index contributed by atoms with van der Waals surface area (Å²) in [4.78, 5) is 149. The summed E-state index contributed by atoms with van der Waals surface area (Å²) >= 11 is 0. The van der Waals surface area contributed by atoms with Crippen molar-refractivity contribution in [3.8, 4) is 0 Å². The number of amides is 13. The maximum absolute atomic E-state index is 14.8. The summed E-state index contributed by atoms with van der Waals surface area (Å²) in [5.74, 6) is -11.0. The Morgan fingerprint density at radius 1 is 0.500 bits per heavy atom. The first kappa shape index (κ1) is 81.9. The number of benzene rings is 5. The van der Waals surface area contributed by atoms with Crippen LogP contribution in [-0.2, 0) is 83.8 Å². The lowest BCUT2D eigenvalue weighted by atomic mass is 9.94. The molecular weight excluding hydrogens is 1410 g/mol. The lowest BCUT2D eigenvalue weighted by Gasteiger charge is -2.30. The number of hydrogen-bond acceptors (Lipinski definition) is 17. The SMILES string of the molecule is C.C.C.CNC(=O)Nc1cc2c(cc1F)[C@@]1(CC2)OC(=O)N(CC(=O)N2[C@@H](C)CC[C@H]2c2ccc(F)c(F)c2)C1=O.CNC(=O)Nc1cc2c(cc1F)[C@@]1(CC2)OC(=O)N(CC(=O)O)C1=O.CNC(=O)Nc1cc2c(cc1F)[C@@]1(CC2)OC(=O)N(CC(=O)OC)C1=O.C[C@H]1CC[C@@H](c2ccc(F)c(F)c2)N1. The quantitative estimate of drug-likeness (QED) is 0.0346. The number of fused-ring (bicyclic) bond motifs is 6. The Bertz CT molecular complexity index is 4380. The Kier molecular flexibility index (Phi) is 25.3. The second-order valence-corrected chi connectivity index (χ2v) is 25.1. The minimum Gasteiger partial charge on any atom is -0.480 e. The summed E-state index contributed by atoms with van der Waals surface area (Å²) in [7, 11) is 5.28. The number of aryl methyl sites for hydroxylation is 3. The van der Waals surface area contributed by atoms with Gasteiger partial charge in [-0.05, 0) is 147 Å². The molecule has 0 saturated carbocycles. The third kappa shape index (κ3) is 15.8. The van der Waals surface area contributed by atoms with Gasteiger partial charge < -0.3 is 66.2 Å². The summed E-state index contributed by atoms with van der Waals surface area (Å²) < 4.78 is 117. The van der Waals surface area contributed by atoms with Crippen molar-refractivity contribution in [3.63, 3.8) is 0 Å². The van der Waals surface area contributed by atoms with Crippen LogP contribution in [0, 0.1) is 40.7 Å². The number of esters is 1. The highest BCUT2D eigenvalue weighted by Crippen LogP contribution is 2.50. The van der Waals surface area contributed by atoms with Gasteiger partial charge in [-0.1, -0.05) is 34.4 Å². The van der Waals surface area contributed by atoms with Crippen LogP contribution in [-0.4, -0.2) is 157 Å². The van der Waals surface area contributed by atoms with Crippen molar-refractivity contribution in [2.75, 3.05) is 63.8 Å². The van der Waals surface area contributed by atoms with Crippen LogP contribution in [0.3, 0.4) is 0 Å². The summed E-state index contributed by atoms with van der Waals surface area (Å²) in [5, 5.41) is 26.1. The summed E-state index contributed by atoms with van der Waals surface area (Å²) in [5.41, 5.74) is -1.93. The third-order valence-electron chi connectivity index (χ3n) is 18.9. The molecule has 5 heterocycles. The van der Waals surface area contributed by atoms with Crippen molar-refractivity contribution < 1.29 is 112 Å². The summed E-state index contributed by atoms with van der Waals surface area (Å²) in [6.45, 7) is 1.87. The van der Waals surface area contributed by atoms with Gasteiger partial charge in [-0.25, -0.2) is 74.2 Å². The number of hydrogen-bond donors (Lipinski definition) is 8. The number of nitrogens with zero attached hydrogens (tertiary/aromatic N) is 4. The van der Waals surface area contributed by atoms with E-state index in [1.165, 1.54) is 62.4 Å². The molecule has 7 atom stereocenters. The molecule has 5 aliphatic heterocycles. The van der Waals surface area contributed by atoms with Crippen LogP contribution in [0.4, 0.5) is 76.6 Å². The second-order valence-electron chi connectivity index (χ2n) is 25.1. The van der Waals surface area contributed by atoms with E-state index >= 15 is 0 Å². The van der Waals surface area contributed by atoms with E-state index in [1.807, 2.05) is 0 Å². The molecule has 3 aliphatic carbocycles. The molecule has 28 nitrogen and oxygen atoms in total. The predicted octanol–water partition coefficient (Wildman–Crippen LogP) is 10.1. The third-order valence-corrected chi connectivity index (χ3v) is 18.9. The Morgan fingerprint density at radius 2 is 0.877 bits per heavy atom. The molecule has 8 aliphatic rings. The molecule has 35 heteroatoms. The Labute approximate surface area is 603 Å². The highest BCUT2D eigenvalue weighted by molar-refractivity contribution is 6.08. The Hall–Kier alpha value is -11.4. The van der Waals surface area contributed by atoms with E-state index in [0.29, 0.717) is 68.7 Å². The van der Waals surface area contributed by atoms with Gasteiger partial charge in [0.05, 0.1) is 30.2 Å². The lowest BCUT2D eigenvalue weighted by molar-refractivity contribution is -0.146. The highest BCUT2D eigenvalue weighted by atomic mass is 19.2. The fraction of sp³-hybridized carbons (Fsp3) is 0.408. The van der Waals surface area contributed by atoms with E-state index in [-0.39, 0.29) is 93.8 Å². The first-order chi connectivity index (χ1) is 48.8. The fourth-order valence-electron chi connectivity index (χ4n) is 13.7. The molecule has 8 N–H and O–H groups in total. The van der Waals surface area contributed by atoms with Gasteiger partial charge in [0.1, 0.15) is 37.1 Å². The first-order valence-corrected chi connectivity index (χ1v) is 32.2. The molecule has 0 bridgehead atoms. The topological polar surface area (TPSA) is 359 Å². The molecule has 13 rings (SSSR count). The normalized spacial score (nSPS) is 22.3. The van der Waals surface area contributed by atoms with Crippen LogP contribution >= 0.6 is 0 Å². The lowest BCUT2D eigenvalue weighted by Crippen LogP contribution is -2.46. The molecule has 106 heavy (non-hydrogen) atoms. The number of aliphatic carboxylic acids is 1. The molecule has 0 radical (unpaired) electrons. The van der Waals surface area contributed by atoms with Crippen LogP contribution in [0.25, 0.3) is 0 Å². The molecular formula is C71H80F7N11O17. The zero-order valence-corrected chi connectivity index (χ0v) is 55.8. The van der Waals surface area contributed by atoms with E-state index in [0.717, 1.165) is 55.8 Å². The molecule has 3 spiro atoms. The van der Waals surface area contributed by atoms with Crippen LogP contribution in [0.2, 0.25) is 0 Å². The molecule has 570 valence electrons. The summed E-state index contributed by atoms with van der Waals surface area (Å²) in [6, 6.07) is 12.9. The van der Waals surface area contributed by atoms with Crippen LogP contribution < -0.4 is 37.2 Å². The van der Waals surface area contributed by atoms with E-state index < -0.39 is 155 Å². The van der Waals surface area contributed by atoms with Crippen LogP contribution in [0.1, 0.15) is 138 Å². The van der Waals surface area contributed by atoms with Gasteiger partial charge in [-0.15, -0.1) is 0 Å². The number of anilines is 3. The first-order valence-electron chi connectivity index (χ1n) is 32.2. The van der Waals surface area contributed by atoms with Crippen molar-refractivity contribution in [2.45, 2.75) is 141 Å². The number of nitrogens with one attached hydrogen (secondary N) is 7. The minimum absolute atomic E-state index is 0. The van der Waals surface area contributed by atoms with Gasteiger partial charge >= 0.3 is 48.3 Å². The van der Waals surface area contributed by atoms with Gasteiger partial charge in [0.15, 0.2) is 23.3 Å². The monoisotopic (exact) mass is 1490 g/mol. The van der Waals surface area contributed by atoms with Crippen LogP contribution in [0.15, 0.2) is 72.8 Å². The van der Waals surface area contributed by atoms with Crippen molar-refractivity contribution in [1.29, 1.82) is 0 Å². The molecule has 0 unspecified atom stereocenters. The predicted molar refractivity (Wildman–Crippen MR) is 363 cm³/mol. The standard InChI is InChI=1S/C26H25F3N4O5.C16H16FN3O6.C15H14FN3O6.C11H13F2N.3CH4/c1-13-3-6-21(15-4-5-17(27)18(28)9-15)33(13)22(34)12-32-23(35)26(38-25(32)37)8-7-14-10-20(31-24(36)30-2)19(29)11-16(14)26;1-18-14(23)19-11-5-8-3-4-16(9(8)6-10(11)17)13(22)20(15(24)26-16)7-12(21)25-2;1-17-13(23)18-10-4-7-2-3-15(8(7)5-9(10)16)12(22)19(6-11(20)21)14(24)25-15;1-7-2-5-11(14-7)8-3-4-9(12)10(13)6-8;;;/h4-5,9-11,13,21H,3,6-8,12H2,1-2H3,(H2,30,31,36);5-6H,3-4,7H2,1-2H3,(H2,18,19,23);4-5H,2-3,6H2,1H3,(H,20,21)(H2,17,18,23);3-4,6-7,11,14H,2,5H2,1H3;3*1H4/t13-,21-,26+;16-;15-;7-,11-;;;/m0110.../s1. The van der Waals surface area contributed by atoms with Gasteiger partial charge in [0, 0.05) is 75.2 Å². The van der Waals surface area contributed by atoms with E-state index in [4.69, 9.17) is 19.3 Å². The van der Waals surface area contributed by atoms with Crippen molar-refractivity contribution in [3.05, 3.63) is 158 Å². The number of methoxy groups -OCH3 is 1. The van der Waals surface area contributed by atoms with Crippen molar-refractivity contribution in [2.24, 2.45) is 0 Å². The van der Waals surface area contributed by atoms with Crippen molar-refractivity contribution in [1.82, 2.24) is 40.9 Å².